The van der Waals surface area contributed by atoms with Crippen LogP contribution in [0.15, 0.2) is 64.2 Å². The molecule has 9 nitrogen and oxygen atoms in total. The van der Waals surface area contributed by atoms with Crippen molar-refractivity contribution in [1.29, 1.82) is 0 Å². The Morgan fingerprint density at radius 2 is 1.75 bits per heavy atom. The number of aromatic amines is 1. The predicted octanol–water partition coefficient (Wildman–Crippen LogP) is 3.08. The van der Waals surface area contributed by atoms with E-state index in [1.807, 2.05) is 42.2 Å². The molecule has 3 aromatic rings. The zero-order chi connectivity index (χ0) is 23.1. The van der Waals surface area contributed by atoms with Gasteiger partial charge in [-0.1, -0.05) is 55.8 Å². The number of nitrogens with two attached hydrogens (primary N) is 1. The lowest BCUT2D eigenvalue weighted by molar-refractivity contribution is -0.384. The van der Waals surface area contributed by atoms with E-state index in [1.54, 1.807) is 12.1 Å². The number of rotatable bonds is 10. The summed E-state index contributed by atoms with van der Waals surface area (Å²) in [5.74, 6) is 0.145. The molecule has 0 aliphatic carbocycles. The summed E-state index contributed by atoms with van der Waals surface area (Å²) in [6.07, 6.45) is 2.18. The number of hydrogen-bond donors (Lipinski definition) is 2. The number of nitrogens with zero attached hydrogens (tertiary/aromatic N) is 3. The number of H-pyrrole nitrogens is 1. The third-order valence-corrected chi connectivity index (χ3v) is 5.30. The number of nitrogens with one attached hydrogen (secondary N) is 1. The first-order chi connectivity index (χ1) is 15.4. The Bertz CT molecular complexity index is 1170. The van der Waals surface area contributed by atoms with E-state index in [0.29, 0.717) is 26.1 Å². The molecule has 3 rings (SSSR count). The standard InChI is InChI=1S/C23H27N5O4/c1-2-3-14-27-21(24)20(22(29)25-23(27)30)26(16-18-7-5-4-6-8-18)15-13-17-9-11-19(12-10-17)28(31)32/h4-12H,2-3,13-16,24H2,1H3,(H,25,29,30). The molecule has 0 amide bonds. The molecule has 0 saturated heterocycles. The van der Waals surface area contributed by atoms with Gasteiger partial charge in [0, 0.05) is 31.8 Å². The summed E-state index contributed by atoms with van der Waals surface area (Å²) in [7, 11) is 0. The highest BCUT2D eigenvalue weighted by Gasteiger charge is 2.19. The molecular formula is C23H27N5O4. The van der Waals surface area contributed by atoms with Gasteiger partial charge in [-0.05, 0) is 24.0 Å². The second kappa shape index (κ2) is 10.4. The number of nitro benzene ring substituents is 1. The smallest absolute Gasteiger partial charge is 0.330 e. The number of anilines is 2. The largest absolute Gasteiger partial charge is 0.383 e. The number of benzene rings is 2. The fourth-order valence-corrected chi connectivity index (χ4v) is 3.54. The van der Waals surface area contributed by atoms with Crippen LogP contribution >= 0.6 is 0 Å². The highest BCUT2D eigenvalue weighted by molar-refractivity contribution is 5.62. The Morgan fingerprint density at radius 1 is 1.06 bits per heavy atom. The molecule has 0 fully saturated rings. The van der Waals surface area contributed by atoms with Gasteiger partial charge in [-0.2, -0.15) is 0 Å². The van der Waals surface area contributed by atoms with Gasteiger partial charge in [0.05, 0.1) is 4.92 Å². The minimum Gasteiger partial charge on any atom is -0.383 e. The van der Waals surface area contributed by atoms with Gasteiger partial charge < -0.3 is 10.6 Å². The Morgan fingerprint density at radius 3 is 2.38 bits per heavy atom. The van der Waals surface area contributed by atoms with Crippen molar-refractivity contribution in [2.75, 3.05) is 17.2 Å². The molecule has 0 bridgehead atoms. The quantitative estimate of drug-likeness (QED) is 0.371. The first kappa shape index (κ1) is 22.8. The Kier molecular flexibility index (Phi) is 7.43. The average Bonchev–Trinajstić information content (AvgIpc) is 2.78. The summed E-state index contributed by atoms with van der Waals surface area (Å²) >= 11 is 0. The molecule has 9 heteroatoms. The first-order valence-corrected chi connectivity index (χ1v) is 10.6. The molecule has 1 aromatic heterocycles. The van der Waals surface area contributed by atoms with Crippen LogP contribution in [-0.4, -0.2) is 21.0 Å². The van der Waals surface area contributed by atoms with Crippen molar-refractivity contribution >= 4 is 17.2 Å². The molecule has 0 radical (unpaired) electrons. The Balaban J connectivity index is 1.95. The Labute approximate surface area is 185 Å². The summed E-state index contributed by atoms with van der Waals surface area (Å²) in [6, 6.07) is 16.0. The van der Waals surface area contributed by atoms with Gasteiger partial charge in [0.15, 0.2) is 0 Å². The molecule has 0 atom stereocenters. The third kappa shape index (κ3) is 5.42. The van der Waals surface area contributed by atoms with Gasteiger partial charge in [0.25, 0.3) is 11.2 Å². The van der Waals surface area contributed by atoms with E-state index in [-0.39, 0.29) is 17.2 Å². The zero-order valence-corrected chi connectivity index (χ0v) is 18.0. The van der Waals surface area contributed by atoms with Crippen LogP contribution in [0.25, 0.3) is 0 Å². The number of hydrogen-bond acceptors (Lipinski definition) is 6. The normalized spacial score (nSPS) is 10.8. The van der Waals surface area contributed by atoms with E-state index in [0.717, 1.165) is 24.0 Å². The second-order valence-electron chi connectivity index (χ2n) is 7.58. The first-order valence-electron chi connectivity index (χ1n) is 10.6. The minimum absolute atomic E-state index is 0.0265. The summed E-state index contributed by atoms with van der Waals surface area (Å²) in [5.41, 5.74) is 7.45. The van der Waals surface area contributed by atoms with E-state index in [4.69, 9.17) is 5.73 Å². The maximum atomic E-state index is 12.8. The molecule has 0 spiro atoms. The molecule has 32 heavy (non-hydrogen) atoms. The Hall–Kier alpha value is -3.88. The fourth-order valence-electron chi connectivity index (χ4n) is 3.54. The van der Waals surface area contributed by atoms with E-state index in [1.165, 1.54) is 16.7 Å². The lowest BCUT2D eigenvalue weighted by Gasteiger charge is -2.26. The predicted molar refractivity (Wildman–Crippen MR) is 125 cm³/mol. The SMILES string of the molecule is CCCCn1c(N)c(N(CCc2ccc([N+](=O)[O-])cc2)Cc2ccccc2)c(=O)[nH]c1=O. The molecule has 0 unspecified atom stereocenters. The number of aromatic nitrogens is 2. The van der Waals surface area contributed by atoms with Gasteiger partial charge in [0.1, 0.15) is 11.5 Å². The van der Waals surface area contributed by atoms with Gasteiger partial charge in [-0.25, -0.2) is 4.79 Å². The fraction of sp³-hybridized carbons (Fsp3) is 0.304. The second-order valence-corrected chi connectivity index (χ2v) is 7.58. The summed E-state index contributed by atoms with van der Waals surface area (Å²) < 4.78 is 1.41. The van der Waals surface area contributed by atoms with E-state index in [9.17, 15) is 19.7 Å². The van der Waals surface area contributed by atoms with Crippen LogP contribution in [0.2, 0.25) is 0 Å². The lowest BCUT2D eigenvalue weighted by Crippen LogP contribution is -2.39. The van der Waals surface area contributed by atoms with Gasteiger partial charge in [0.2, 0.25) is 0 Å². The van der Waals surface area contributed by atoms with Crippen LogP contribution in [-0.2, 0) is 19.5 Å². The van der Waals surface area contributed by atoms with Crippen molar-refractivity contribution in [2.24, 2.45) is 0 Å². The van der Waals surface area contributed by atoms with Crippen molar-refractivity contribution in [3.8, 4) is 0 Å². The maximum Gasteiger partial charge on any atom is 0.330 e. The van der Waals surface area contributed by atoms with Crippen LogP contribution in [0.3, 0.4) is 0 Å². The van der Waals surface area contributed by atoms with Crippen molar-refractivity contribution in [1.82, 2.24) is 9.55 Å². The number of nitrogen functional groups attached to an aromatic ring is 1. The van der Waals surface area contributed by atoms with Crippen LogP contribution < -0.4 is 21.9 Å². The van der Waals surface area contributed by atoms with Gasteiger partial charge in [-0.3, -0.25) is 24.5 Å². The summed E-state index contributed by atoms with van der Waals surface area (Å²) in [6.45, 7) is 3.30. The summed E-state index contributed by atoms with van der Waals surface area (Å²) in [5, 5.41) is 10.9. The molecule has 0 aliphatic rings. The number of non-ortho nitro benzene ring substituents is 1. The monoisotopic (exact) mass is 437 g/mol. The molecular weight excluding hydrogens is 410 g/mol. The van der Waals surface area contributed by atoms with Crippen LogP contribution in [0.4, 0.5) is 17.2 Å². The third-order valence-electron chi connectivity index (χ3n) is 5.30. The molecule has 3 N–H and O–H groups in total. The van der Waals surface area contributed by atoms with Crippen LogP contribution in [0.5, 0.6) is 0 Å². The van der Waals surface area contributed by atoms with Crippen molar-refractivity contribution < 1.29 is 4.92 Å². The average molecular weight is 438 g/mol. The van der Waals surface area contributed by atoms with Gasteiger partial charge in [-0.15, -0.1) is 0 Å². The molecule has 1 heterocycles. The summed E-state index contributed by atoms with van der Waals surface area (Å²) in [4.78, 5) is 39.8. The van der Waals surface area contributed by atoms with E-state index >= 15 is 0 Å². The van der Waals surface area contributed by atoms with E-state index in [2.05, 4.69) is 4.98 Å². The van der Waals surface area contributed by atoms with Crippen LogP contribution in [0, 0.1) is 10.1 Å². The zero-order valence-electron chi connectivity index (χ0n) is 18.0. The van der Waals surface area contributed by atoms with Crippen molar-refractivity contribution in [3.63, 3.8) is 0 Å². The van der Waals surface area contributed by atoms with Crippen LogP contribution in [0.1, 0.15) is 30.9 Å². The maximum absolute atomic E-state index is 12.8. The number of unbranched alkanes of at least 4 members (excludes halogenated alkanes) is 1. The van der Waals surface area contributed by atoms with Gasteiger partial charge >= 0.3 is 5.69 Å². The van der Waals surface area contributed by atoms with E-state index < -0.39 is 16.2 Å². The lowest BCUT2D eigenvalue weighted by atomic mass is 10.1. The topological polar surface area (TPSA) is 127 Å². The van der Waals surface area contributed by atoms with Crippen molar-refractivity contribution in [2.45, 2.75) is 39.3 Å². The molecule has 0 aliphatic heterocycles. The molecule has 168 valence electrons. The minimum atomic E-state index is -0.528. The highest BCUT2D eigenvalue weighted by atomic mass is 16.6. The molecule has 2 aromatic carbocycles. The highest BCUT2D eigenvalue weighted by Crippen LogP contribution is 2.21. The molecule has 0 saturated carbocycles. The number of nitro groups is 1. The van der Waals surface area contributed by atoms with Crippen molar-refractivity contribution in [3.05, 3.63) is 96.7 Å².